The molecular formula is C22H22FN7O. The van der Waals surface area contributed by atoms with Gasteiger partial charge in [0, 0.05) is 24.7 Å². The number of hydrogen-bond acceptors (Lipinski definition) is 6. The minimum atomic E-state index is -0.477. The normalized spacial score (nSPS) is 17.8. The van der Waals surface area contributed by atoms with Crippen LogP contribution in [0.5, 0.6) is 0 Å². The number of hydrogen-bond donors (Lipinski definition) is 2. The zero-order valence-corrected chi connectivity index (χ0v) is 17.4. The first-order valence-electron chi connectivity index (χ1n) is 9.98. The van der Waals surface area contributed by atoms with Crippen LogP contribution in [0, 0.1) is 5.82 Å². The van der Waals surface area contributed by atoms with Crippen molar-refractivity contribution in [3.05, 3.63) is 81.5 Å². The summed E-state index contributed by atoms with van der Waals surface area (Å²) in [7, 11) is 5.88. The molecule has 158 valence electrons. The molecule has 1 aliphatic heterocycles. The maximum absolute atomic E-state index is 14.3. The second-order valence-corrected chi connectivity index (χ2v) is 8.13. The fourth-order valence-corrected chi connectivity index (χ4v) is 4.37. The van der Waals surface area contributed by atoms with Crippen LogP contribution in [0.15, 0.2) is 47.5 Å². The third-order valence-electron chi connectivity index (χ3n) is 5.68. The smallest absolute Gasteiger partial charge is 0.272 e. The van der Waals surface area contributed by atoms with Gasteiger partial charge in [-0.25, -0.2) is 14.5 Å². The highest BCUT2D eigenvalue weighted by molar-refractivity contribution is 5.97. The van der Waals surface area contributed by atoms with Gasteiger partial charge in [-0.3, -0.25) is 9.48 Å². The summed E-state index contributed by atoms with van der Waals surface area (Å²) < 4.78 is 16.0. The quantitative estimate of drug-likeness (QED) is 0.528. The van der Waals surface area contributed by atoms with Gasteiger partial charge in [0.1, 0.15) is 18.0 Å². The average Bonchev–Trinajstić information content (AvgIpc) is 3.15. The molecule has 0 radical (unpaired) electrons. The molecule has 31 heavy (non-hydrogen) atoms. The highest BCUT2D eigenvalue weighted by atomic mass is 19.1. The number of aromatic nitrogens is 5. The lowest BCUT2D eigenvalue weighted by Gasteiger charge is -2.33. The van der Waals surface area contributed by atoms with E-state index in [0.29, 0.717) is 22.6 Å². The van der Waals surface area contributed by atoms with Crippen molar-refractivity contribution in [2.24, 2.45) is 7.05 Å². The van der Waals surface area contributed by atoms with Crippen LogP contribution in [-0.4, -0.2) is 44.0 Å². The van der Waals surface area contributed by atoms with Gasteiger partial charge in [-0.05, 0) is 37.4 Å². The highest BCUT2D eigenvalue weighted by Gasteiger charge is 2.37. The lowest BCUT2D eigenvalue weighted by atomic mass is 9.83. The van der Waals surface area contributed by atoms with E-state index < -0.39 is 11.4 Å². The van der Waals surface area contributed by atoms with Crippen LogP contribution in [0.25, 0.3) is 10.8 Å². The standard InChI is InChI=1S/C22H22FN7O/c1-29(2)10-12-4-6-13(7-5-12)19-18(21-24-11-25-30(21)3)20-17-15(22(31)28-27-20)8-14(23)9-16(17)26-19/h4-9,11,18-19,26H,10H2,1-3H3,(H,28,31)/t18-,19-/m1/s1. The summed E-state index contributed by atoms with van der Waals surface area (Å²) in [6, 6.07) is 10.7. The monoisotopic (exact) mass is 419 g/mol. The average molecular weight is 419 g/mol. The molecular weight excluding hydrogens is 397 g/mol. The number of nitrogens with one attached hydrogen (secondary N) is 2. The number of rotatable bonds is 4. The molecule has 5 rings (SSSR count). The summed E-state index contributed by atoms with van der Waals surface area (Å²) in [5.74, 6) is -0.106. The Morgan fingerprint density at radius 3 is 2.65 bits per heavy atom. The molecule has 0 bridgehead atoms. The summed E-state index contributed by atoms with van der Waals surface area (Å²) in [6.45, 7) is 0.835. The zero-order chi connectivity index (χ0) is 21.7. The summed E-state index contributed by atoms with van der Waals surface area (Å²) in [6.07, 6.45) is 1.50. The first-order chi connectivity index (χ1) is 14.9. The number of aryl methyl sites for hydroxylation is 1. The van der Waals surface area contributed by atoms with Crippen LogP contribution in [0.2, 0.25) is 0 Å². The van der Waals surface area contributed by atoms with Gasteiger partial charge in [-0.15, -0.1) is 0 Å². The van der Waals surface area contributed by atoms with E-state index in [0.717, 1.165) is 12.1 Å². The Kier molecular flexibility index (Phi) is 4.55. The van der Waals surface area contributed by atoms with Gasteiger partial charge in [0.25, 0.3) is 5.56 Å². The summed E-state index contributed by atoms with van der Waals surface area (Å²) in [5.41, 5.74) is 2.96. The Labute approximate surface area is 177 Å². The first-order valence-corrected chi connectivity index (χ1v) is 9.98. The van der Waals surface area contributed by atoms with E-state index >= 15 is 0 Å². The fraction of sp³-hybridized carbons (Fsp3) is 0.273. The molecule has 0 aliphatic carbocycles. The molecule has 0 saturated carbocycles. The second-order valence-electron chi connectivity index (χ2n) is 8.13. The topological polar surface area (TPSA) is 91.7 Å². The molecule has 1 aliphatic rings. The molecule has 0 spiro atoms. The zero-order valence-electron chi connectivity index (χ0n) is 17.4. The van der Waals surface area contributed by atoms with Gasteiger partial charge in [-0.2, -0.15) is 10.2 Å². The number of nitrogens with zero attached hydrogens (tertiary/aromatic N) is 5. The minimum Gasteiger partial charge on any atom is -0.376 e. The Morgan fingerprint density at radius 2 is 1.97 bits per heavy atom. The van der Waals surface area contributed by atoms with Crippen LogP contribution in [-0.2, 0) is 13.6 Å². The molecule has 2 N–H and O–H groups in total. The van der Waals surface area contributed by atoms with Crippen molar-refractivity contribution in [3.8, 4) is 0 Å². The van der Waals surface area contributed by atoms with E-state index in [1.807, 2.05) is 21.1 Å². The second kappa shape index (κ2) is 7.28. The molecule has 3 heterocycles. The highest BCUT2D eigenvalue weighted by Crippen LogP contribution is 2.45. The van der Waals surface area contributed by atoms with Crippen molar-refractivity contribution < 1.29 is 4.39 Å². The largest absolute Gasteiger partial charge is 0.376 e. The predicted octanol–water partition coefficient (Wildman–Crippen LogP) is 2.55. The Hall–Kier alpha value is -3.59. The van der Waals surface area contributed by atoms with Gasteiger partial charge >= 0.3 is 0 Å². The van der Waals surface area contributed by atoms with Gasteiger partial charge in [0.05, 0.1) is 23.0 Å². The van der Waals surface area contributed by atoms with E-state index in [2.05, 4.69) is 54.8 Å². The Morgan fingerprint density at radius 1 is 1.19 bits per heavy atom. The van der Waals surface area contributed by atoms with Crippen molar-refractivity contribution in [2.75, 3.05) is 19.4 Å². The van der Waals surface area contributed by atoms with E-state index in [1.54, 1.807) is 4.68 Å². The molecule has 0 saturated heterocycles. The van der Waals surface area contributed by atoms with Crippen molar-refractivity contribution in [3.63, 3.8) is 0 Å². The first kappa shape index (κ1) is 19.4. The minimum absolute atomic E-state index is 0.263. The predicted molar refractivity (Wildman–Crippen MR) is 115 cm³/mol. The van der Waals surface area contributed by atoms with Crippen molar-refractivity contribution in [1.29, 1.82) is 0 Å². The maximum Gasteiger partial charge on any atom is 0.272 e. The van der Waals surface area contributed by atoms with Gasteiger partial charge in [0.15, 0.2) is 0 Å². The SMILES string of the molecule is CN(C)Cc1ccc([C@H]2Nc3cc(F)cc4c(=O)[nH]nc(c34)[C@@H]2c2ncnn2C)cc1. The van der Waals surface area contributed by atoms with E-state index in [4.69, 9.17) is 0 Å². The van der Waals surface area contributed by atoms with Crippen molar-refractivity contribution >= 4 is 16.5 Å². The Balaban J connectivity index is 1.71. The van der Waals surface area contributed by atoms with E-state index in [9.17, 15) is 9.18 Å². The van der Waals surface area contributed by atoms with E-state index in [1.165, 1.54) is 24.0 Å². The van der Waals surface area contributed by atoms with E-state index in [-0.39, 0.29) is 17.3 Å². The van der Waals surface area contributed by atoms with Crippen molar-refractivity contribution in [2.45, 2.75) is 18.5 Å². The van der Waals surface area contributed by atoms with Crippen LogP contribution in [0.3, 0.4) is 0 Å². The van der Waals surface area contributed by atoms with Crippen LogP contribution in [0.1, 0.15) is 34.6 Å². The van der Waals surface area contributed by atoms with Crippen LogP contribution in [0.4, 0.5) is 10.1 Å². The van der Waals surface area contributed by atoms with Gasteiger partial charge < -0.3 is 10.2 Å². The molecule has 9 heteroatoms. The maximum atomic E-state index is 14.3. The van der Waals surface area contributed by atoms with Crippen LogP contribution >= 0.6 is 0 Å². The number of anilines is 1. The van der Waals surface area contributed by atoms with Crippen molar-refractivity contribution in [1.82, 2.24) is 29.9 Å². The fourth-order valence-electron chi connectivity index (χ4n) is 4.37. The third-order valence-corrected chi connectivity index (χ3v) is 5.68. The molecule has 2 aromatic heterocycles. The Bertz CT molecular complexity index is 1330. The summed E-state index contributed by atoms with van der Waals surface area (Å²) in [5, 5.41) is 15.5. The summed E-state index contributed by atoms with van der Waals surface area (Å²) in [4.78, 5) is 18.9. The molecule has 2 aromatic carbocycles. The number of H-pyrrole nitrogens is 1. The molecule has 4 aromatic rings. The molecule has 0 fully saturated rings. The molecule has 0 unspecified atom stereocenters. The molecule has 2 atom stereocenters. The lowest BCUT2D eigenvalue weighted by molar-refractivity contribution is 0.402. The number of aromatic amines is 1. The number of halogens is 1. The van der Waals surface area contributed by atoms with Gasteiger partial charge in [0.2, 0.25) is 0 Å². The number of benzene rings is 2. The molecule has 0 amide bonds. The lowest BCUT2D eigenvalue weighted by Crippen LogP contribution is -2.30. The van der Waals surface area contributed by atoms with Gasteiger partial charge in [-0.1, -0.05) is 24.3 Å². The third kappa shape index (κ3) is 3.27. The molecule has 8 nitrogen and oxygen atoms in total. The summed E-state index contributed by atoms with van der Waals surface area (Å²) >= 11 is 0. The van der Waals surface area contributed by atoms with Crippen LogP contribution < -0.4 is 10.9 Å².